The minimum absolute atomic E-state index is 0.00323. The second kappa shape index (κ2) is 17.9. The van der Waals surface area contributed by atoms with Crippen molar-refractivity contribution < 1.29 is 43.0 Å². The molecular weight excluding hydrogens is 771 g/mol. The van der Waals surface area contributed by atoms with Crippen molar-refractivity contribution in [3.8, 4) is 22.6 Å². The molecule has 1 saturated heterocycles. The van der Waals surface area contributed by atoms with Gasteiger partial charge < -0.3 is 30.7 Å². The number of ether oxygens (including phenoxy) is 2. The van der Waals surface area contributed by atoms with Crippen molar-refractivity contribution in [1.29, 1.82) is 0 Å². The lowest BCUT2D eigenvalue weighted by Crippen LogP contribution is -2.54. The van der Waals surface area contributed by atoms with Gasteiger partial charge in [0.05, 0.1) is 35.0 Å². The Hall–Kier alpha value is -7.62. The molecule has 0 bridgehead atoms. The van der Waals surface area contributed by atoms with Gasteiger partial charge in [-0.25, -0.2) is 0 Å². The van der Waals surface area contributed by atoms with Crippen LogP contribution >= 0.6 is 0 Å². The van der Waals surface area contributed by atoms with E-state index in [2.05, 4.69) is 31.6 Å². The predicted molar refractivity (Wildman–Crippen MR) is 220 cm³/mol. The van der Waals surface area contributed by atoms with Gasteiger partial charge in [0.2, 0.25) is 11.8 Å². The van der Waals surface area contributed by atoms with Crippen LogP contribution < -0.4 is 36.1 Å². The van der Waals surface area contributed by atoms with Crippen LogP contribution in [0.5, 0.6) is 11.5 Å². The first-order chi connectivity index (χ1) is 29.1. The number of amides is 7. The minimum atomic E-state index is -1.12. The number of methoxy groups -OCH3 is 1. The quantitative estimate of drug-likeness (QED) is 0.0749. The normalized spacial score (nSPS) is 14.6. The van der Waals surface area contributed by atoms with E-state index in [0.29, 0.717) is 59.4 Å². The highest BCUT2D eigenvalue weighted by molar-refractivity contribution is 6.24. The Kier molecular flexibility index (Phi) is 12.1. The van der Waals surface area contributed by atoms with Gasteiger partial charge in [0.15, 0.2) is 6.61 Å². The molecule has 1 fully saturated rings. The summed E-state index contributed by atoms with van der Waals surface area (Å²) in [5, 5.41) is 14.6. The summed E-state index contributed by atoms with van der Waals surface area (Å²) in [6.45, 7) is 0.240. The van der Waals surface area contributed by atoms with Crippen LogP contribution in [0.15, 0.2) is 91.1 Å². The van der Waals surface area contributed by atoms with Crippen LogP contribution in [-0.2, 0) is 14.4 Å². The van der Waals surface area contributed by atoms with Crippen LogP contribution in [0, 0.1) is 0 Å². The Balaban J connectivity index is 0.905. The van der Waals surface area contributed by atoms with Gasteiger partial charge in [0.1, 0.15) is 17.5 Å². The first kappa shape index (κ1) is 40.6. The predicted octanol–water partition coefficient (Wildman–Crippen LogP) is 4.12. The highest BCUT2D eigenvalue weighted by atomic mass is 16.5. The van der Waals surface area contributed by atoms with E-state index >= 15 is 0 Å². The zero-order valence-electron chi connectivity index (χ0n) is 32.8. The fourth-order valence-electron chi connectivity index (χ4n) is 7.10. The van der Waals surface area contributed by atoms with Crippen molar-refractivity contribution in [1.82, 2.24) is 31.2 Å². The number of fused-ring (bicyclic) bond motifs is 2. The molecule has 2 aliphatic rings. The lowest BCUT2D eigenvalue weighted by atomic mass is 9.98. The summed E-state index contributed by atoms with van der Waals surface area (Å²) in [6.07, 6.45) is 2.67. The van der Waals surface area contributed by atoms with Crippen molar-refractivity contribution in [2.45, 2.75) is 31.7 Å². The molecule has 3 heterocycles. The molecule has 16 nitrogen and oxygen atoms in total. The molecule has 7 rings (SSSR count). The van der Waals surface area contributed by atoms with Crippen molar-refractivity contribution in [2.75, 3.05) is 39.2 Å². The van der Waals surface area contributed by atoms with Gasteiger partial charge >= 0.3 is 0 Å². The first-order valence-corrected chi connectivity index (χ1v) is 19.3. The summed E-state index contributed by atoms with van der Waals surface area (Å²) in [5.41, 5.74) is 4.37. The van der Waals surface area contributed by atoms with E-state index in [1.54, 1.807) is 26.3 Å². The van der Waals surface area contributed by atoms with E-state index in [1.165, 1.54) is 24.4 Å². The molecule has 1 atom stereocenters. The highest BCUT2D eigenvalue weighted by Gasteiger charge is 2.46. The summed E-state index contributed by atoms with van der Waals surface area (Å²) in [4.78, 5) is 94.1. The van der Waals surface area contributed by atoms with Gasteiger partial charge in [0.25, 0.3) is 29.5 Å². The van der Waals surface area contributed by atoms with Gasteiger partial charge in [-0.1, -0.05) is 36.4 Å². The summed E-state index contributed by atoms with van der Waals surface area (Å²) >= 11 is 0. The molecule has 0 spiro atoms. The van der Waals surface area contributed by atoms with Crippen LogP contribution in [0.4, 0.5) is 11.4 Å². The first-order valence-electron chi connectivity index (χ1n) is 19.3. The van der Waals surface area contributed by atoms with Gasteiger partial charge in [-0.3, -0.25) is 48.8 Å². The number of pyridine rings is 1. The van der Waals surface area contributed by atoms with Crippen LogP contribution in [-0.4, -0.2) is 91.1 Å². The van der Waals surface area contributed by atoms with Gasteiger partial charge in [-0.05, 0) is 67.3 Å². The summed E-state index contributed by atoms with van der Waals surface area (Å²) < 4.78 is 11.4. The molecule has 4 aromatic carbocycles. The molecular formula is C44H41N7O9. The molecule has 2 aliphatic heterocycles. The number of aromatic nitrogens is 1. The summed E-state index contributed by atoms with van der Waals surface area (Å²) in [7, 11) is 3.13. The van der Waals surface area contributed by atoms with Crippen molar-refractivity contribution >= 4 is 63.6 Å². The molecule has 7 amide bonds. The number of nitrogens with zero attached hydrogens (tertiary/aromatic N) is 2. The smallest absolute Gasteiger partial charge is 0.266 e. The average molecular weight is 812 g/mol. The molecule has 5 aromatic rings. The highest BCUT2D eigenvalue weighted by Crippen LogP contribution is 2.39. The number of benzene rings is 4. The Morgan fingerprint density at radius 2 is 1.58 bits per heavy atom. The molecule has 0 radical (unpaired) electrons. The van der Waals surface area contributed by atoms with E-state index in [1.807, 2.05) is 54.6 Å². The number of carbonyl (C=O) groups excluding carboxylic acids is 7. The number of carbonyl (C=O) groups is 7. The molecule has 60 heavy (non-hydrogen) atoms. The number of para-hydroxylation sites is 1. The maximum absolute atomic E-state index is 13.3. The fourth-order valence-corrected chi connectivity index (χ4v) is 7.10. The number of hydrogen-bond donors (Lipinski definition) is 5. The summed E-state index contributed by atoms with van der Waals surface area (Å²) in [5.74, 6) is -3.01. The van der Waals surface area contributed by atoms with E-state index in [-0.39, 0.29) is 41.5 Å². The van der Waals surface area contributed by atoms with Crippen LogP contribution in [0.25, 0.3) is 22.0 Å². The lowest BCUT2D eigenvalue weighted by molar-refractivity contribution is -0.136. The second-order valence-electron chi connectivity index (χ2n) is 14.0. The fraction of sp³-hybridized carbons (Fsp3) is 0.227. The average Bonchev–Trinajstić information content (AvgIpc) is 3.52. The topological polar surface area (TPSA) is 214 Å². The number of anilines is 2. The molecule has 0 aliphatic carbocycles. The van der Waals surface area contributed by atoms with E-state index in [4.69, 9.17) is 9.47 Å². The van der Waals surface area contributed by atoms with Crippen molar-refractivity contribution in [2.24, 2.45) is 0 Å². The van der Waals surface area contributed by atoms with Crippen LogP contribution in [0.3, 0.4) is 0 Å². The van der Waals surface area contributed by atoms with Crippen LogP contribution in [0.1, 0.15) is 67.1 Å². The Labute approximate surface area is 344 Å². The zero-order chi connectivity index (χ0) is 42.3. The van der Waals surface area contributed by atoms with E-state index in [9.17, 15) is 33.6 Å². The van der Waals surface area contributed by atoms with Gasteiger partial charge in [-0.2, -0.15) is 0 Å². The standard InChI is InChI=1S/C44H41N7O9/c1-45-41(55)31-23-48-32-22-35(59-2)29(21-30(32)39(31)49-27-9-4-3-5-10-27)25-13-15-26(16-14-25)40(54)47-20-7-6-19-46-37(53)24-60-34-12-8-11-28-38(34)44(58)51(43(28)57)33-17-18-36(52)50-42(33)56/h3-5,8-16,21-23,33H,6-7,17-20,24H2,1-2H3,(H,45,55)(H,46,53)(H,47,54)(H,48,49)(H,50,52,56). The molecule has 306 valence electrons. The minimum Gasteiger partial charge on any atom is -0.496 e. The van der Waals surface area contributed by atoms with Gasteiger partial charge in [-0.15, -0.1) is 0 Å². The molecule has 5 N–H and O–H groups in total. The third-order valence-corrected chi connectivity index (χ3v) is 10.2. The summed E-state index contributed by atoms with van der Waals surface area (Å²) in [6, 6.07) is 23.6. The molecule has 1 unspecified atom stereocenters. The number of hydrogen-bond acceptors (Lipinski definition) is 11. The van der Waals surface area contributed by atoms with Crippen molar-refractivity contribution in [3.63, 3.8) is 0 Å². The number of unbranched alkanes of at least 4 members (excludes halogenated alkanes) is 1. The lowest BCUT2D eigenvalue weighted by Gasteiger charge is -2.27. The second-order valence-corrected chi connectivity index (χ2v) is 14.0. The third kappa shape index (κ3) is 8.48. The number of nitrogens with one attached hydrogen (secondary N) is 5. The Bertz CT molecular complexity index is 2530. The Morgan fingerprint density at radius 1 is 0.833 bits per heavy atom. The molecule has 1 aromatic heterocycles. The maximum atomic E-state index is 13.3. The van der Waals surface area contributed by atoms with E-state index < -0.39 is 42.2 Å². The molecule has 0 saturated carbocycles. The Morgan fingerprint density at radius 3 is 2.30 bits per heavy atom. The zero-order valence-corrected chi connectivity index (χ0v) is 32.8. The number of imide groups is 2. The monoisotopic (exact) mass is 811 g/mol. The van der Waals surface area contributed by atoms with Crippen molar-refractivity contribution in [3.05, 3.63) is 113 Å². The third-order valence-electron chi connectivity index (χ3n) is 10.2. The van der Waals surface area contributed by atoms with Gasteiger partial charge in [0, 0.05) is 61.0 Å². The maximum Gasteiger partial charge on any atom is 0.266 e. The number of piperidine rings is 1. The SMILES string of the molecule is CNC(=O)c1cnc2cc(OC)c(-c3ccc(C(=O)NCCCCNC(=O)COc4cccc5c4C(=O)N(C4CCC(=O)NC4=O)C5=O)cc3)cc2c1Nc1ccccc1. The van der Waals surface area contributed by atoms with Crippen LogP contribution in [0.2, 0.25) is 0 Å². The molecule has 16 heteroatoms. The number of rotatable bonds is 15. The van der Waals surface area contributed by atoms with E-state index in [0.717, 1.165) is 21.7 Å². The largest absolute Gasteiger partial charge is 0.496 e.